The van der Waals surface area contributed by atoms with Crippen LogP contribution in [0.1, 0.15) is 22.4 Å². The number of nitrogens with one attached hydrogen (secondary N) is 1. The zero-order chi connectivity index (χ0) is 14.4. The molecule has 0 radical (unpaired) electrons. The smallest absolute Gasteiger partial charge is 0.355 e. The van der Waals surface area contributed by atoms with E-state index in [1.165, 1.54) is 16.7 Å². The fourth-order valence-electron chi connectivity index (χ4n) is 1.32. The predicted molar refractivity (Wildman–Crippen MR) is 76.9 cm³/mol. The van der Waals surface area contributed by atoms with E-state index in [2.05, 4.69) is 10.3 Å². The zero-order valence-corrected chi connectivity index (χ0v) is 12.7. The number of nitrogens with zero attached hydrogens (tertiary/aromatic N) is 2. The lowest BCUT2D eigenvalue weighted by Crippen LogP contribution is -2.43. The van der Waals surface area contributed by atoms with Gasteiger partial charge in [0.1, 0.15) is 5.01 Å². The van der Waals surface area contributed by atoms with Gasteiger partial charge in [-0.05, 0) is 13.2 Å². The maximum Gasteiger partial charge on any atom is 0.355 e. The number of hydrogen-bond donors (Lipinski definition) is 2. The molecule has 0 aromatic carbocycles. The number of carbonyl (C=O) groups is 2. The highest BCUT2D eigenvalue weighted by Crippen LogP contribution is 2.10. The molecule has 2 amide bonds. The number of carbonyl (C=O) groups excluding carboxylic acids is 1. The molecule has 0 aliphatic carbocycles. The molecule has 0 aliphatic heterocycles. The lowest BCUT2D eigenvalue weighted by Gasteiger charge is -2.24. The van der Waals surface area contributed by atoms with Gasteiger partial charge < -0.3 is 15.3 Å². The van der Waals surface area contributed by atoms with E-state index in [-0.39, 0.29) is 24.3 Å². The van der Waals surface area contributed by atoms with Crippen molar-refractivity contribution in [1.29, 1.82) is 0 Å². The highest BCUT2D eigenvalue weighted by molar-refractivity contribution is 7.98. The summed E-state index contributed by atoms with van der Waals surface area (Å²) in [6.45, 7) is 2.22. The van der Waals surface area contributed by atoms with Gasteiger partial charge in [-0.2, -0.15) is 11.8 Å². The molecule has 0 saturated carbocycles. The van der Waals surface area contributed by atoms with Gasteiger partial charge in [0.25, 0.3) is 0 Å². The number of rotatable bonds is 6. The van der Waals surface area contributed by atoms with Gasteiger partial charge >= 0.3 is 12.0 Å². The summed E-state index contributed by atoms with van der Waals surface area (Å²) < 4.78 is 0. The van der Waals surface area contributed by atoms with Crippen LogP contribution in [-0.4, -0.2) is 52.1 Å². The summed E-state index contributed by atoms with van der Waals surface area (Å²) >= 11 is 2.90. The Balaban J connectivity index is 2.47. The monoisotopic (exact) mass is 303 g/mol. The third-order valence-electron chi connectivity index (χ3n) is 2.55. The molecule has 0 aliphatic rings. The first-order valence-electron chi connectivity index (χ1n) is 5.63. The van der Waals surface area contributed by atoms with E-state index in [0.29, 0.717) is 5.01 Å². The van der Waals surface area contributed by atoms with Crippen LogP contribution in [0.15, 0.2) is 5.38 Å². The van der Waals surface area contributed by atoms with Gasteiger partial charge in [0.15, 0.2) is 5.69 Å². The number of urea groups is 1. The van der Waals surface area contributed by atoms with Gasteiger partial charge in [0.2, 0.25) is 0 Å². The average Bonchev–Trinajstić information content (AvgIpc) is 2.84. The first-order valence-corrected chi connectivity index (χ1v) is 7.90. The van der Waals surface area contributed by atoms with Crippen molar-refractivity contribution in [1.82, 2.24) is 15.2 Å². The summed E-state index contributed by atoms with van der Waals surface area (Å²) in [4.78, 5) is 28.0. The Morgan fingerprint density at radius 3 is 2.84 bits per heavy atom. The van der Waals surface area contributed by atoms with Crippen molar-refractivity contribution < 1.29 is 14.7 Å². The molecule has 1 aromatic heterocycles. The number of carboxylic acids is 1. The van der Waals surface area contributed by atoms with Gasteiger partial charge in [-0.25, -0.2) is 14.6 Å². The Bertz CT molecular complexity index is 450. The fourth-order valence-corrected chi connectivity index (χ4v) is 2.73. The van der Waals surface area contributed by atoms with Crippen molar-refractivity contribution in [2.45, 2.75) is 19.5 Å². The van der Waals surface area contributed by atoms with Crippen molar-refractivity contribution in [2.24, 2.45) is 0 Å². The molecule has 0 spiro atoms. The fraction of sp³-hybridized carbons (Fsp3) is 0.545. The Kier molecular flexibility index (Phi) is 6.10. The number of thiazole rings is 1. The minimum Gasteiger partial charge on any atom is -0.476 e. The van der Waals surface area contributed by atoms with Crippen LogP contribution in [-0.2, 0) is 6.54 Å². The molecule has 8 heteroatoms. The van der Waals surface area contributed by atoms with Crippen LogP contribution in [0.3, 0.4) is 0 Å². The molecule has 6 nitrogen and oxygen atoms in total. The number of amides is 2. The first kappa shape index (κ1) is 15.8. The molecule has 1 atom stereocenters. The van der Waals surface area contributed by atoms with Crippen LogP contribution < -0.4 is 5.32 Å². The van der Waals surface area contributed by atoms with E-state index in [1.807, 2.05) is 13.2 Å². The van der Waals surface area contributed by atoms with Crippen LogP contribution >= 0.6 is 23.1 Å². The molecule has 2 N–H and O–H groups in total. The lowest BCUT2D eigenvalue weighted by molar-refractivity contribution is 0.0691. The molecule has 1 aromatic rings. The van der Waals surface area contributed by atoms with E-state index in [0.717, 1.165) is 5.75 Å². The number of thioether (sulfide) groups is 1. The van der Waals surface area contributed by atoms with E-state index >= 15 is 0 Å². The molecule has 106 valence electrons. The lowest BCUT2D eigenvalue weighted by atomic mass is 10.3. The Morgan fingerprint density at radius 2 is 2.32 bits per heavy atom. The predicted octanol–water partition coefficient (Wildman–Crippen LogP) is 1.73. The number of hydrogen-bond acceptors (Lipinski definition) is 5. The normalized spacial score (nSPS) is 11.9. The topological polar surface area (TPSA) is 82.5 Å². The molecule has 1 unspecified atom stereocenters. The van der Waals surface area contributed by atoms with Crippen LogP contribution in [0.5, 0.6) is 0 Å². The largest absolute Gasteiger partial charge is 0.476 e. The number of aromatic nitrogens is 1. The summed E-state index contributed by atoms with van der Waals surface area (Å²) in [6.07, 6.45) is 1.99. The van der Waals surface area contributed by atoms with Crippen LogP contribution in [0, 0.1) is 0 Å². The SMILES string of the molecule is CSCC(C)N(C)C(=O)NCc1nc(C(=O)O)cs1. The first-order chi connectivity index (χ1) is 8.95. The van der Waals surface area contributed by atoms with Crippen LogP contribution in [0.25, 0.3) is 0 Å². The molecule has 0 saturated heterocycles. The highest BCUT2D eigenvalue weighted by atomic mass is 32.2. The van der Waals surface area contributed by atoms with E-state index < -0.39 is 5.97 Å². The molecule has 1 heterocycles. The second kappa shape index (κ2) is 7.34. The Morgan fingerprint density at radius 1 is 1.63 bits per heavy atom. The minimum absolute atomic E-state index is 0.0124. The Labute approximate surface area is 120 Å². The van der Waals surface area contributed by atoms with Gasteiger partial charge in [-0.15, -0.1) is 11.3 Å². The van der Waals surface area contributed by atoms with Gasteiger partial charge in [0.05, 0.1) is 6.54 Å². The second-order valence-corrected chi connectivity index (χ2v) is 5.86. The third kappa shape index (κ3) is 4.71. The molecular weight excluding hydrogens is 286 g/mol. The van der Waals surface area contributed by atoms with Gasteiger partial charge in [-0.3, -0.25) is 0 Å². The zero-order valence-electron chi connectivity index (χ0n) is 11.0. The quantitative estimate of drug-likeness (QED) is 0.836. The maximum atomic E-state index is 11.8. The summed E-state index contributed by atoms with van der Waals surface area (Å²) in [5.74, 6) is -0.191. The summed E-state index contributed by atoms with van der Waals surface area (Å²) in [6, 6.07) is -0.0468. The summed E-state index contributed by atoms with van der Waals surface area (Å²) in [5.41, 5.74) is 0.0124. The van der Waals surface area contributed by atoms with Gasteiger partial charge in [-0.1, -0.05) is 0 Å². The highest BCUT2D eigenvalue weighted by Gasteiger charge is 2.15. The summed E-state index contributed by atoms with van der Waals surface area (Å²) in [7, 11) is 1.74. The molecular formula is C11H17N3O3S2. The van der Waals surface area contributed by atoms with E-state index in [9.17, 15) is 9.59 Å². The van der Waals surface area contributed by atoms with Crippen LogP contribution in [0.4, 0.5) is 4.79 Å². The van der Waals surface area contributed by atoms with Crippen molar-refractivity contribution in [3.63, 3.8) is 0 Å². The molecule has 0 fully saturated rings. The van der Waals surface area contributed by atoms with Gasteiger partial charge in [0, 0.05) is 24.2 Å². The number of aromatic carboxylic acids is 1. The van der Waals surface area contributed by atoms with E-state index in [4.69, 9.17) is 5.11 Å². The molecule has 19 heavy (non-hydrogen) atoms. The number of carboxylic acid groups (broad SMARTS) is 1. The van der Waals surface area contributed by atoms with Crippen molar-refractivity contribution >= 4 is 35.1 Å². The minimum atomic E-state index is -1.06. The summed E-state index contributed by atoms with van der Waals surface area (Å²) in [5, 5.41) is 13.5. The second-order valence-electron chi connectivity index (χ2n) is 4.01. The van der Waals surface area contributed by atoms with Crippen molar-refractivity contribution in [2.75, 3.05) is 19.1 Å². The van der Waals surface area contributed by atoms with E-state index in [1.54, 1.807) is 23.7 Å². The maximum absolute atomic E-state index is 11.8. The van der Waals surface area contributed by atoms with Crippen molar-refractivity contribution in [3.05, 3.63) is 16.1 Å². The van der Waals surface area contributed by atoms with Crippen LogP contribution in [0.2, 0.25) is 0 Å². The molecule has 1 rings (SSSR count). The third-order valence-corrected chi connectivity index (χ3v) is 4.22. The standard InChI is InChI=1S/C11H17N3O3S2/c1-7(5-18-3)14(2)11(17)12-4-9-13-8(6-19-9)10(15)16/h6-7H,4-5H2,1-3H3,(H,12,17)(H,15,16). The Hall–Kier alpha value is -1.28. The van der Waals surface area contributed by atoms with Crippen molar-refractivity contribution in [3.8, 4) is 0 Å². The average molecular weight is 303 g/mol. The molecule has 0 bridgehead atoms.